The van der Waals surface area contributed by atoms with Crippen LogP contribution in [-0.2, 0) is 9.59 Å². The molecule has 0 aliphatic carbocycles. The van der Waals surface area contributed by atoms with E-state index in [4.69, 9.17) is 0 Å². The molecule has 2 aromatic rings. The fourth-order valence-electron chi connectivity index (χ4n) is 4.11. The highest BCUT2D eigenvalue weighted by Gasteiger charge is 2.26. The Morgan fingerprint density at radius 2 is 1.87 bits per heavy atom. The van der Waals surface area contributed by atoms with Crippen molar-refractivity contribution in [2.45, 2.75) is 33.1 Å². The van der Waals surface area contributed by atoms with E-state index in [1.165, 1.54) is 28.2 Å². The maximum Gasteiger partial charge on any atom is 0.242 e. The van der Waals surface area contributed by atoms with Crippen molar-refractivity contribution in [1.82, 2.24) is 15.1 Å². The standard InChI is InChI=1S/C22H30N6O2S/c1-16-7-8-17(2)18(14-16)26-10-12-27(13-11-26)20(30)15-25(3)21-23-24-22(31-21)28-9-5-4-6-19(28)29/h7-8,14H,4-6,9-13,15H2,1-3H3. The molecular weight excluding hydrogens is 412 g/mol. The summed E-state index contributed by atoms with van der Waals surface area (Å²) in [7, 11) is 1.85. The van der Waals surface area contributed by atoms with Gasteiger partial charge in [-0.3, -0.25) is 14.5 Å². The van der Waals surface area contributed by atoms with Gasteiger partial charge in [0.2, 0.25) is 22.1 Å². The number of amides is 2. The molecule has 1 aromatic heterocycles. The number of anilines is 3. The SMILES string of the molecule is Cc1ccc(C)c(N2CCN(C(=O)CN(C)c3nnc(N4CCCCC4=O)s3)CC2)c1. The van der Waals surface area contributed by atoms with Crippen LogP contribution < -0.4 is 14.7 Å². The number of carbonyl (C=O) groups is 2. The fourth-order valence-corrected chi connectivity index (χ4v) is 4.96. The molecule has 1 aromatic carbocycles. The van der Waals surface area contributed by atoms with Crippen LogP contribution in [-0.4, -0.2) is 73.2 Å². The van der Waals surface area contributed by atoms with Gasteiger partial charge >= 0.3 is 0 Å². The molecule has 2 saturated heterocycles. The molecule has 2 aliphatic rings. The van der Waals surface area contributed by atoms with E-state index < -0.39 is 0 Å². The number of piperazine rings is 1. The Morgan fingerprint density at radius 3 is 2.61 bits per heavy atom. The number of benzene rings is 1. The molecule has 31 heavy (non-hydrogen) atoms. The van der Waals surface area contributed by atoms with Crippen LogP contribution >= 0.6 is 11.3 Å². The number of nitrogens with zero attached hydrogens (tertiary/aromatic N) is 6. The van der Waals surface area contributed by atoms with E-state index in [0.29, 0.717) is 36.3 Å². The summed E-state index contributed by atoms with van der Waals surface area (Å²) in [5.74, 6) is 0.198. The lowest BCUT2D eigenvalue weighted by Gasteiger charge is -2.37. The van der Waals surface area contributed by atoms with Gasteiger partial charge in [0.15, 0.2) is 0 Å². The van der Waals surface area contributed by atoms with Crippen molar-refractivity contribution in [2.24, 2.45) is 0 Å². The van der Waals surface area contributed by atoms with Crippen LogP contribution in [0.3, 0.4) is 0 Å². The fraction of sp³-hybridized carbons (Fsp3) is 0.545. The summed E-state index contributed by atoms with van der Waals surface area (Å²) >= 11 is 1.37. The van der Waals surface area contributed by atoms with Gasteiger partial charge in [-0.1, -0.05) is 23.5 Å². The molecule has 3 heterocycles. The van der Waals surface area contributed by atoms with Gasteiger partial charge in [-0.25, -0.2) is 0 Å². The zero-order chi connectivity index (χ0) is 22.0. The second-order valence-electron chi connectivity index (χ2n) is 8.38. The first kappa shape index (κ1) is 21.5. The monoisotopic (exact) mass is 442 g/mol. The van der Waals surface area contributed by atoms with Crippen molar-refractivity contribution < 1.29 is 9.59 Å². The Labute approximate surface area is 187 Å². The van der Waals surface area contributed by atoms with Crippen LogP contribution in [0, 0.1) is 13.8 Å². The smallest absolute Gasteiger partial charge is 0.242 e. The molecule has 0 atom stereocenters. The lowest BCUT2D eigenvalue weighted by atomic mass is 10.1. The van der Waals surface area contributed by atoms with Crippen molar-refractivity contribution >= 4 is 39.1 Å². The van der Waals surface area contributed by atoms with Crippen LogP contribution in [0.15, 0.2) is 18.2 Å². The number of aromatic nitrogens is 2. The van der Waals surface area contributed by atoms with Gasteiger partial charge in [0, 0.05) is 51.9 Å². The summed E-state index contributed by atoms with van der Waals surface area (Å²) in [5, 5.41) is 9.69. The first-order chi connectivity index (χ1) is 14.9. The first-order valence-corrected chi connectivity index (χ1v) is 11.7. The summed E-state index contributed by atoms with van der Waals surface area (Å²) in [4.78, 5) is 32.8. The van der Waals surface area contributed by atoms with E-state index in [2.05, 4.69) is 47.1 Å². The molecule has 8 nitrogen and oxygen atoms in total. The Kier molecular flexibility index (Phi) is 6.41. The summed E-state index contributed by atoms with van der Waals surface area (Å²) in [6, 6.07) is 6.51. The van der Waals surface area contributed by atoms with Crippen LogP contribution in [0.2, 0.25) is 0 Å². The minimum absolute atomic E-state index is 0.0916. The summed E-state index contributed by atoms with van der Waals surface area (Å²) in [6.45, 7) is 8.29. The number of likely N-dealkylation sites (N-methyl/N-ethyl adjacent to an activating group) is 1. The number of carbonyl (C=O) groups excluding carboxylic acids is 2. The van der Waals surface area contributed by atoms with E-state index in [9.17, 15) is 9.59 Å². The summed E-state index contributed by atoms with van der Waals surface area (Å²) in [5.41, 5.74) is 3.78. The van der Waals surface area contributed by atoms with Crippen LogP contribution in [0.4, 0.5) is 16.0 Å². The average Bonchev–Trinajstić information content (AvgIpc) is 3.26. The van der Waals surface area contributed by atoms with E-state index in [-0.39, 0.29) is 18.4 Å². The van der Waals surface area contributed by atoms with E-state index in [1.807, 2.05) is 16.8 Å². The number of hydrogen-bond donors (Lipinski definition) is 0. The minimum Gasteiger partial charge on any atom is -0.368 e. The Hall–Kier alpha value is -2.68. The third kappa shape index (κ3) is 4.81. The van der Waals surface area contributed by atoms with Crippen LogP contribution in [0.5, 0.6) is 0 Å². The highest BCUT2D eigenvalue weighted by Crippen LogP contribution is 2.29. The van der Waals surface area contributed by atoms with Gasteiger partial charge in [-0.05, 0) is 43.9 Å². The topological polar surface area (TPSA) is 72.9 Å². The molecule has 0 bridgehead atoms. The molecule has 0 N–H and O–H groups in total. The maximum absolute atomic E-state index is 12.9. The largest absolute Gasteiger partial charge is 0.368 e. The number of hydrogen-bond acceptors (Lipinski definition) is 7. The van der Waals surface area contributed by atoms with Crippen molar-refractivity contribution in [3.05, 3.63) is 29.3 Å². The van der Waals surface area contributed by atoms with Crippen LogP contribution in [0.1, 0.15) is 30.4 Å². The van der Waals surface area contributed by atoms with Crippen LogP contribution in [0.25, 0.3) is 0 Å². The van der Waals surface area contributed by atoms with Crippen molar-refractivity contribution in [1.29, 1.82) is 0 Å². The Bertz CT molecular complexity index is 953. The van der Waals surface area contributed by atoms with Gasteiger partial charge in [0.25, 0.3) is 0 Å². The molecule has 2 fully saturated rings. The highest BCUT2D eigenvalue weighted by molar-refractivity contribution is 7.19. The molecule has 0 saturated carbocycles. The number of rotatable bonds is 5. The molecular formula is C22H30N6O2S. The maximum atomic E-state index is 12.9. The molecule has 166 valence electrons. The zero-order valence-electron chi connectivity index (χ0n) is 18.5. The quantitative estimate of drug-likeness (QED) is 0.708. The first-order valence-electron chi connectivity index (χ1n) is 10.9. The second kappa shape index (κ2) is 9.21. The lowest BCUT2D eigenvalue weighted by Crippen LogP contribution is -2.51. The van der Waals surface area contributed by atoms with E-state index >= 15 is 0 Å². The van der Waals surface area contributed by atoms with Gasteiger partial charge < -0.3 is 14.7 Å². The molecule has 2 aliphatic heterocycles. The third-order valence-electron chi connectivity index (χ3n) is 5.99. The second-order valence-corrected chi connectivity index (χ2v) is 9.32. The molecule has 0 unspecified atom stereocenters. The summed E-state index contributed by atoms with van der Waals surface area (Å²) in [6.07, 6.45) is 2.49. The van der Waals surface area contributed by atoms with Gasteiger partial charge in [-0.15, -0.1) is 10.2 Å². The van der Waals surface area contributed by atoms with Gasteiger partial charge in [0.05, 0.1) is 6.54 Å². The van der Waals surface area contributed by atoms with Crippen molar-refractivity contribution in [2.75, 3.05) is 61.0 Å². The zero-order valence-corrected chi connectivity index (χ0v) is 19.3. The minimum atomic E-state index is 0.0916. The Balaban J connectivity index is 1.32. The average molecular weight is 443 g/mol. The Morgan fingerprint density at radius 1 is 1.10 bits per heavy atom. The third-order valence-corrected chi connectivity index (χ3v) is 7.06. The normalized spacial score (nSPS) is 17.3. The van der Waals surface area contributed by atoms with Crippen molar-refractivity contribution in [3.63, 3.8) is 0 Å². The molecule has 9 heteroatoms. The molecule has 0 radical (unpaired) electrons. The predicted octanol–water partition coefficient (Wildman–Crippen LogP) is 2.46. The van der Waals surface area contributed by atoms with E-state index in [0.717, 1.165) is 25.9 Å². The molecule has 4 rings (SSSR count). The number of piperidine rings is 1. The van der Waals surface area contributed by atoms with Gasteiger partial charge in [-0.2, -0.15) is 0 Å². The van der Waals surface area contributed by atoms with Crippen molar-refractivity contribution in [3.8, 4) is 0 Å². The predicted molar refractivity (Wildman–Crippen MR) is 124 cm³/mol. The highest BCUT2D eigenvalue weighted by atomic mass is 32.1. The molecule has 2 amide bonds. The van der Waals surface area contributed by atoms with Gasteiger partial charge in [0.1, 0.15) is 0 Å². The summed E-state index contributed by atoms with van der Waals surface area (Å²) < 4.78 is 0. The number of aryl methyl sites for hydroxylation is 2. The van der Waals surface area contributed by atoms with E-state index in [1.54, 1.807) is 4.90 Å². The lowest BCUT2D eigenvalue weighted by molar-refractivity contribution is -0.130. The molecule has 0 spiro atoms.